The molecule has 5 heterocycles. The van der Waals surface area contributed by atoms with Gasteiger partial charge in [-0.25, -0.2) is 4.98 Å². The smallest absolute Gasteiger partial charge is 0.213 e. The normalized spacial score (nSPS) is 23.7. The third kappa shape index (κ3) is 3.87. The van der Waals surface area contributed by atoms with Crippen LogP contribution in [-0.4, -0.2) is 73.0 Å². The quantitative estimate of drug-likeness (QED) is 0.410. The summed E-state index contributed by atoms with van der Waals surface area (Å²) < 4.78 is 17.1. The molecule has 10 nitrogen and oxygen atoms in total. The summed E-state index contributed by atoms with van der Waals surface area (Å²) in [6.45, 7) is 0.615. The molecule has 1 aromatic carbocycles. The van der Waals surface area contributed by atoms with E-state index in [0.29, 0.717) is 24.1 Å². The van der Waals surface area contributed by atoms with Crippen LogP contribution in [0.2, 0.25) is 0 Å². The van der Waals surface area contributed by atoms with Crippen molar-refractivity contribution in [2.75, 3.05) is 13.2 Å². The van der Waals surface area contributed by atoms with Crippen LogP contribution >= 0.6 is 0 Å². The van der Waals surface area contributed by atoms with Gasteiger partial charge in [0.1, 0.15) is 24.1 Å². The van der Waals surface area contributed by atoms with Crippen molar-refractivity contribution >= 4 is 0 Å². The van der Waals surface area contributed by atoms with E-state index in [4.69, 9.17) is 14.2 Å². The van der Waals surface area contributed by atoms with Crippen LogP contribution in [0.15, 0.2) is 60.9 Å². The fourth-order valence-corrected chi connectivity index (χ4v) is 4.15. The standard InChI is InChI=1S/C24H21N5O5/c30-16-5-1-13(2-6-16)23-27-24(29-28-23)15-3-7-17(25-10-15)14-4-8-20(26-9-14)34-19-12-33-21-18(31)11-32-22(19)21/h1-10,18-19,21-22,30-31H,11-12H2,(H,27,28,29)/t18-,19+,21-,22-/m1/s1. The van der Waals surface area contributed by atoms with Crippen molar-refractivity contribution in [1.82, 2.24) is 25.1 Å². The van der Waals surface area contributed by atoms with Gasteiger partial charge in [0.25, 0.3) is 0 Å². The molecule has 0 amide bonds. The first-order valence-corrected chi connectivity index (χ1v) is 10.9. The summed E-state index contributed by atoms with van der Waals surface area (Å²) in [5.41, 5.74) is 3.22. The molecule has 0 spiro atoms. The molecule has 10 heteroatoms. The van der Waals surface area contributed by atoms with E-state index >= 15 is 0 Å². The highest BCUT2D eigenvalue weighted by molar-refractivity contribution is 5.64. The Morgan fingerprint density at radius 2 is 1.50 bits per heavy atom. The van der Waals surface area contributed by atoms with Crippen molar-refractivity contribution in [3.05, 3.63) is 60.9 Å². The number of phenolic OH excluding ortho intramolecular Hbond substituents is 1. The van der Waals surface area contributed by atoms with Crippen LogP contribution in [-0.2, 0) is 9.47 Å². The lowest BCUT2D eigenvalue weighted by atomic mass is 10.1. The Morgan fingerprint density at radius 3 is 2.24 bits per heavy atom. The first-order valence-electron chi connectivity index (χ1n) is 10.9. The second-order valence-electron chi connectivity index (χ2n) is 8.21. The largest absolute Gasteiger partial charge is 0.508 e. The number of ether oxygens (including phenoxy) is 3. The number of aliphatic hydroxyl groups excluding tert-OH is 1. The highest BCUT2D eigenvalue weighted by Gasteiger charge is 2.48. The Labute approximate surface area is 194 Å². The lowest BCUT2D eigenvalue weighted by Gasteiger charge is -2.17. The second-order valence-corrected chi connectivity index (χ2v) is 8.21. The molecule has 2 aliphatic heterocycles. The lowest BCUT2D eigenvalue weighted by Crippen LogP contribution is -2.34. The summed E-state index contributed by atoms with van der Waals surface area (Å²) in [4.78, 5) is 12.1. The molecule has 3 N–H and O–H groups in total. The van der Waals surface area contributed by atoms with Crippen molar-refractivity contribution in [2.45, 2.75) is 24.4 Å². The number of benzene rings is 1. The van der Waals surface area contributed by atoms with Crippen LogP contribution in [0.1, 0.15) is 0 Å². The number of aromatic nitrogens is 5. The molecule has 0 aliphatic carbocycles. The monoisotopic (exact) mass is 459 g/mol. The Morgan fingerprint density at radius 1 is 0.794 bits per heavy atom. The zero-order chi connectivity index (χ0) is 23.1. The Kier molecular flexibility index (Phi) is 5.17. The van der Waals surface area contributed by atoms with Gasteiger partial charge in [0.15, 0.2) is 17.8 Å². The predicted octanol–water partition coefficient (Wildman–Crippen LogP) is 2.21. The molecule has 172 valence electrons. The van der Waals surface area contributed by atoms with Crippen molar-refractivity contribution < 1.29 is 24.4 Å². The van der Waals surface area contributed by atoms with E-state index in [2.05, 4.69) is 25.1 Å². The van der Waals surface area contributed by atoms with Gasteiger partial charge in [0.05, 0.1) is 18.9 Å². The fourth-order valence-electron chi connectivity index (χ4n) is 4.15. The van der Waals surface area contributed by atoms with Crippen LogP contribution < -0.4 is 4.74 Å². The zero-order valence-corrected chi connectivity index (χ0v) is 17.9. The summed E-state index contributed by atoms with van der Waals surface area (Å²) in [6, 6.07) is 14.2. The molecule has 34 heavy (non-hydrogen) atoms. The number of aromatic hydroxyl groups is 1. The zero-order valence-electron chi connectivity index (χ0n) is 17.9. The van der Waals surface area contributed by atoms with Crippen molar-refractivity contribution in [2.24, 2.45) is 0 Å². The number of nitrogens with one attached hydrogen (secondary N) is 1. The maximum atomic E-state index is 9.85. The summed E-state index contributed by atoms with van der Waals surface area (Å²) in [5, 5.41) is 27.7. The third-order valence-corrected chi connectivity index (χ3v) is 5.95. The number of pyridine rings is 2. The molecule has 0 unspecified atom stereocenters. The Bertz CT molecular complexity index is 1280. The van der Waals surface area contributed by atoms with Gasteiger partial charge in [-0.05, 0) is 42.5 Å². The summed E-state index contributed by atoms with van der Waals surface area (Å²) >= 11 is 0. The predicted molar refractivity (Wildman–Crippen MR) is 120 cm³/mol. The number of aliphatic hydroxyl groups is 1. The third-order valence-electron chi connectivity index (χ3n) is 5.95. The average molecular weight is 459 g/mol. The number of fused-ring (bicyclic) bond motifs is 1. The van der Waals surface area contributed by atoms with Gasteiger partial charge in [0, 0.05) is 35.2 Å². The molecular weight excluding hydrogens is 438 g/mol. The maximum Gasteiger partial charge on any atom is 0.213 e. The van der Waals surface area contributed by atoms with Crippen LogP contribution in [0.4, 0.5) is 0 Å². The molecule has 2 saturated heterocycles. The number of nitrogens with zero attached hydrogens (tertiary/aromatic N) is 4. The number of aromatic amines is 1. The van der Waals surface area contributed by atoms with Crippen molar-refractivity contribution in [1.29, 1.82) is 0 Å². The van der Waals surface area contributed by atoms with Gasteiger partial charge in [-0.3, -0.25) is 4.98 Å². The van der Waals surface area contributed by atoms with Gasteiger partial charge in [-0.15, -0.1) is 10.2 Å². The van der Waals surface area contributed by atoms with E-state index in [0.717, 1.165) is 22.4 Å². The van der Waals surface area contributed by atoms with Crippen LogP contribution in [0.3, 0.4) is 0 Å². The summed E-state index contributed by atoms with van der Waals surface area (Å²) in [5.74, 6) is 1.86. The van der Waals surface area contributed by atoms with Gasteiger partial charge in [0.2, 0.25) is 5.88 Å². The Balaban J connectivity index is 1.13. The van der Waals surface area contributed by atoms with Crippen LogP contribution in [0.5, 0.6) is 11.6 Å². The minimum atomic E-state index is -0.612. The van der Waals surface area contributed by atoms with Gasteiger partial charge < -0.3 is 29.4 Å². The lowest BCUT2D eigenvalue weighted by molar-refractivity contribution is 0.00780. The first-order chi connectivity index (χ1) is 16.6. The number of hydrogen-bond donors (Lipinski definition) is 3. The molecule has 6 rings (SSSR count). The molecule has 3 aromatic heterocycles. The molecule has 0 bridgehead atoms. The van der Waals surface area contributed by atoms with Crippen LogP contribution in [0.25, 0.3) is 34.0 Å². The van der Waals surface area contributed by atoms with Crippen molar-refractivity contribution in [3.8, 4) is 45.7 Å². The topological polar surface area (TPSA) is 136 Å². The molecule has 0 saturated carbocycles. The molecule has 4 aromatic rings. The average Bonchev–Trinajstić information content (AvgIpc) is 3.60. The van der Waals surface area contributed by atoms with E-state index in [1.165, 1.54) is 0 Å². The molecule has 2 fully saturated rings. The number of rotatable bonds is 5. The molecule has 4 atom stereocenters. The van der Waals surface area contributed by atoms with Crippen molar-refractivity contribution in [3.63, 3.8) is 0 Å². The first kappa shape index (κ1) is 20.7. The molecule has 0 radical (unpaired) electrons. The molecular formula is C24H21N5O5. The van der Waals surface area contributed by atoms with E-state index in [1.807, 2.05) is 18.2 Å². The maximum absolute atomic E-state index is 9.85. The molecule has 2 aliphatic rings. The number of hydrogen-bond acceptors (Lipinski definition) is 9. The van der Waals surface area contributed by atoms with Crippen LogP contribution in [0, 0.1) is 0 Å². The van der Waals surface area contributed by atoms with E-state index in [9.17, 15) is 10.2 Å². The second kappa shape index (κ2) is 8.49. The highest BCUT2D eigenvalue weighted by atomic mass is 16.6. The fraction of sp³-hybridized carbons (Fsp3) is 0.250. The minimum absolute atomic E-state index is 0.196. The van der Waals surface area contributed by atoms with E-state index in [1.54, 1.807) is 42.7 Å². The summed E-state index contributed by atoms with van der Waals surface area (Å²) in [7, 11) is 0. The SMILES string of the molecule is Oc1ccc(-c2nnc(-c3ccc(-c4ccc(O[C@H]5CO[C@H]6[C@@H]5OC[C@H]6O)nc4)nc3)[nH]2)cc1. The van der Waals surface area contributed by atoms with E-state index < -0.39 is 6.10 Å². The van der Waals surface area contributed by atoms with E-state index in [-0.39, 0.29) is 30.7 Å². The number of phenols is 1. The Hall–Kier alpha value is -3.86. The minimum Gasteiger partial charge on any atom is -0.508 e. The highest BCUT2D eigenvalue weighted by Crippen LogP contribution is 2.30. The number of H-pyrrole nitrogens is 1. The van der Waals surface area contributed by atoms with Gasteiger partial charge in [-0.2, -0.15) is 0 Å². The summed E-state index contributed by atoms with van der Waals surface area (Å²) in [6.07, 6.45) is 1.89. The van der Waals surface area contributed by atoms with Gasteiger partial charge in [-0.1, -0.05) is 0 Å². The van der Waals surface area contributed by atoms with Gasteiger partial charge >= 0.3 is 0 Å².